The van der Waals surface area contributed by atoms with Gasteiger partial charge in [0, 0.05) is 5.02 Å². The molecule has 0 bridgehead atoms. The van der Waals surface area contributed by atoms with Gasteiger partial charge in [-0.2, -0.15) is 0 Å². The summed E-state index contributed by atoms with van der Waals surface area (Å²) in [4.78, 5) is 0. The molecule has 1 heterocycles. The molecule has 0 saturated carbocycles. The van der Waals surface area contributed by atoms with Gasteiger partial charge in [0.05, 0.1) is 11.6 Å². The summed E-state index contributed by atoms with van der Waals surface area (Å²) in [7, 11) is 0. The van der Waals surface area contributed by atoms with Gasteiger partial charge in [0.1, 0.15) is 5.75 Å². The third-order valence-corrected chi connectivity index (χ3v) is 4.80. The highest BCUT2D eigenvalue weighted by Gasteiger charge is 2.14. The summed E-state index contributed by atoms with van der Waals surface area (Å²) >= 11 is 12.4. The molecule has 2 nitrogen and oxygen atoms in total. The topological polar surface area (TPSA) is 21.3 Å². The van der Waals surface area contributed by atoms with Gasteiger partial charge in [-0.1, -0.05) is 23.2 Å². The minimum absolute atomic E-state index is 0.636. The van der Waals surface area contributed by atoms with E-state index in [9.17, 15) is 0 Å². The van der Waals surface area contributed by atoms with Gasteiger partial charge in [-0.15, -0.1) is 0 Å². The Morgan fingerprint density at radius 2 is 2.11 bits per heavy atom. The van der Waals surface area contributed by atoms with Gasteiger partial charge in [0.2, 0.25) is 0 Å². The van der Waals surface area contributed by atoms with Crippen LogP contribution in [0.1, 0.15) is 30.4 Å². The molecule has 0 aromatic heterocycles. The van der Waals surface area contributed by atoms with Crippen LogP contribution in [0.3, 0.4) is 0 Å². The Balaban J connectivity index is 1.92. The van der Waals surface area contributed by atoms with E-state index in [0.717, 1.165) is 47.3 Å². The lowest BCUT2D eigenvalue weighted by Gasteiger charge is -2.22. The van der Waals surface area contributed by atoms with E-state index >= 15 is 0 Å². The summed E-state index contributed by atoms with van der Waals surface area (Å²) in [5.74, 6) is 1.48. The molecule has 0 spiro atoms. The fourth-order valence-corrected chi connectivity index (χ4v) is 2.91. The average Bonchev–Trinajstić information content (AvgIpc) is 2.43. The molecule has 1 fully saturated rings. The molecular formula is C15H21Cl2NO. The van der Waals surface area contributed by atoms with E-state index in [1.807, 2.05) is 19.9 Å². The molecule has 1 atom stereocenters. The zero-order valence-electron chi connectivity index (χ0n) is 11.6. The molecule has 0 amide bonds. The molecule has 0 unspecified atom stereocenters. The Kier molecular flexibility index (Phi) is 5.37. The van der Waals surface area contributed by atoms with Gasteiger partial charge in [-0.05, 0) is 69.3 Å². The zero-order valence-corrected chi connectivity index (χ0v) is 13.1. The molecule has 0 radical (unpaired) electrons. The van der Waals surface area contributed by atoms with Gasteiger partial charge in [0.25, 0.3) is 0 Å². The number of piperidine rings is 1. The Hall–Kier alpha value is -0.440. The highest BCUT2D eigenvalue weighted by molar-refractivity contribution is 6.37. The highest BCUT2D eigenvalue weighted by atomic mass is 35.5. The van der Waals surface area contributed by atoms with Crippen LogP contribution in [0.4, 0.5) is 0 Å². The van der Waals surface area contributed by atoms with Crippen molar-refractivity contribution in [3.63, 3.8) is 0 Å². The minimum atomic E-state index is 0.636. The van der Waals surface area contributed by atoms with Crippen LogP contribution in [-0.4, -0.2) is 19.7 Å². The van der Waals surface area contributed by atoms with Crippen LogP contribution in [0, 0.1) is 19.8 Å². The standard InChI is InChI=1S/C15H21Cl2NO/c1-10-8-13(15(17)11(2)14(10)16)19-7-5-12-4-3-6-18-9-12/h8,12,18H,3-7,9H2,1-2H3/t12-/m0/s1. The lowest BCUT2D eigenvalue weighted by Crippen LogP contribution is -2.30. The normalized spacial score (nSPS) is 19.5. The summed E-state index contributed by atoms with van der Waals surface area (Å²) in [6.07, 6.45) is 3.64. The third-order valence-electron chi connectivity index (χ3n) is 3.75. The van der Waals surface area contributed by atoms with Crippen molar-refractivity contribution in [2.45, 2.75) is 33.1 Å². The first-order valence-corrected chi connectivity index (χ1v) is 7.64. The van der Waals surface area contributed by atoms with Crippen molar-refractivity contribution in [1.82, 2.24) is 5.32 Å². The SMILES string of the molecule is Cc1cc(OCC[C@@H]2CCCNC2)c(Cl)c(C)c1Cl. The van der Waals surface area contributed by atoms with Crippen LogP contribution in [0.25, 0.3) is 0 Å². The quantitative estimate of drug-likeness (QED) is 0.891. The maximum absolute atomic E-state index is 6.27. The summed E-state index contributed by atoms with van der Waals surface area (Å²) in [6, 6.07) is 1.93. The van der Waals surface area contributed by atoms with Crippen LogP contribution in [0.2, 0.25) is 10.0 Å². The van der Waals surface area contributed by atoms with E-state index in [4.69, 9.17) is 27.9 Å². The van der Waals surface area contributed by atoms with Crippen molar-refractivity contribution in [2.75, 3.05) is 19.7 Å². The van der Waals surface area contributed by atoms with Crippen LogP contribution < -0.4 is 10.1 Å². The van der Waals surface area contributed by atoms with Crippen LogP contribution in [-0.2, 0) is 0 Å². The molecule has 1 aliphatic heterocycles. The molecule has 106 valence electrons. The third kappa shape index (κ3) is 3.77. The van der Waals surface area contributed by atoms with Gasteiger partial charge < -0.3 is 10.1 Å². The number of benzene rings is 1. The van der Waals surface area contributed by atoms with Gasteiger partial charge >= 0.3 is 0 Å². The van der Waals surface area contributed by atoms with E-state index < -0.39 is 0 Å². The molecule has 19 heavy (non-hydrogen) atoms. The van der Waals surface area contributed by atoms with Crippen molar-refractivity contribution in [1.29, 1.82) is 0 Å². The molecule has 1 N–H and O–H groups in total. The molecule has 1 saturated heterocycles. The molecule has 1 aromatic carbocycles. The van der Waals surface area contributed by atoms with Crippen molar-refractivity contribution < 1.29 is 4.74 Å². The smallest absolute Gasteiger partial charge is 0.138 e. The summed E-state index contributed by atoms with van der Waals surface area (Å²) in [5, 5.41) is 4.79. The number of nitrogens with one attached hydrogen (secondary N) is 1. The van der Waals surface area contributed by atoms with E-state index in [1.54, 1.807) is 0 Å². The van der Waals surface area contributed by atoms with Gasteiger partial charge in [-0.3, -0.25) is 0 Å². The number of halogens is 2. The Morgan fingerprint density at radius 3 is 2.79 bits per heavy atom. The summed E-state index contributed by atoms with van der Waals surface area (Å²) < 4.78 is 5.84. The molecule has 4 heteroatoms. The summed E-state index contributed by atoms with van der Waals surface area (Å²) in [5.41, 5.74) is 1.91. The summed E-state index contributed by atoms with van der Waals surface area (Å²) in [6.45, 7) is 6.88. The fourth-order valence-electron chi connectivity index (χ4n) is 2.51. The first kappa shape index (κ1) is 15.0. The minimum Gasteiger partial charge on any atom is -0.492 e. The van der Waals surface area contributed by atoms with Crippen molar-refractivity contribution in [3.05, 3.63) is 27.2 Å². The van der Waals surface area contributed by atoms with Crippen molar-refractivity contribution in [2.24, 2.45) is 5.92 Å². The van der Waals surface area contributed by atoms with E-state index in [1.165, 1.54) is 12.8 Å². The second-order valence-electron chi connectivity index (χ2n) is 5.29. The average molecular weight is 302 g/mol. The van der Waals surface area contributed by atoms with Crippen molar-refractivity contribution >= 4 is 23.2 Å². The number of hydrogen-bond acceptors (Lipinski definition) is 2. The molecular weight excluding hydrogens is 281 g/mol. The first-order valence-electron chi connectivity index (χ1n) is 6.88. The van der Waals surface area contributed by atoms with Crippen LogP contribution >= 0.6 is 23.2 Å². The Morgan fingerprint density at radius 1 is 1.32 bits per heavy atom. The van der Waals surface area contributed by atoms with E-state index in [-0.39, 0.29) is 0 Å². The Bertz CT molecular complexity index is 442. The van der Waals surface area contributed by atoms with Crippen LogP contribution in [0.15, 0.2) is 6.07 Å². The number of ether oxygens (including phenoxy) is 1. The molecule has 0 aliphatic carbocycles. The first-order chi connectivity index (χ1) is 9.09. The highest BCUT2D eigenvalue weighted by Crippen LogP contribution is 2.35. The van der Waals surface area contributed by atoms with E-state index in [0.29, 0.717) is 11.6 Å². The predicted octanol–water partition coefficient (Wildman–Crippen LogP) is 4.38. The zero-order chi connectivity index (χ0) is 13.8. The Labute approximate surface area is 125 Å². The van der Waals surface area contributed by atoms with Gasteiger partial charge in [-0.25, -0.2) is 0 Å². The maximum Gasteiger partial charge on any atom is 0.138 e. The lowest BCUT2D eigenvalue weighted by molar-refractivity contribution is 0.254. The predicted molar refractivity (Wildman–Crippen MR) is 81.6 cm³/mol. The fraction of sp³-hybridized carbons (Fsp3) is 0.600. The van der Waals surface area contributed by atoms with Crippen LogP contribution in [0.5, 0.6) is 5.75 Å². The van der Waals surface area contributed by atoms with E-state index in [2.05, 4.69) is 5.32 Å². The largest absolute Gasteiger partial charge is 0.492 e. The lowest BCUT2D eigenvalue weighted by atomic mass is 9.97. The molecule has 2 rings (SSSR count). The maximum atomic E-state index is 6.27. The second-order valence-corrected chi connectivity index (χ2v) is 6.05. The number of hydrogen-bond donors (Lipinski definition) is 1. The monoisotopic (exact) mass is 301 g/mol. The van der Waals surface area contributed by atoms with Crippen molar-refractivity contribution in [3.8, 4) is 5.75 Å². The van der Waals surface area contributed by atoms with Gasteiger partial charge in [0.15, 0.2) is 0 Å². The number of rotatable bonds is 4. The number of aryl methyl sites for hydroxylation is 1. The molecule has 1 aliphatic rings. The molecule has 1 aromatic rings. The second kappa shape index (κ2) is 6.83.